The summed E-state index contributed by atoms with van der Waals surface area (Å²) >= 11 is 4.32. The van der Waals surface area contributed by atoms with Crippen LogP contribution < -0.4 is 5.73 Å². The molecule has 2 aromatic rings. The van der Waals surface area contributed by atoms with E-state index in [1.165, 1.54) is 6.07 Å². The normalized spacial score (nSPS) is 19.9. The van der Waals surface area contributed by atoms with Gasteiger partial charge in [0.25, 0.3) is 0 Å². The van der Waals surface area contributed by atoms with Gasteiger partial charge in [0.05, 0.1) is 11.3 Å². The molecular formula is C15H10ClNO2S. The number of hydrogen-bond acceptors (Lipinski definition) is 3. The van der Waals surface area contributed by atoms with E-state index in [9.17, 15) is 9.35 Å². The number of hydrogen-bond donors (Lipinski definition) is 1. The Morgan fingerprint density at radius 3 is 2.55 bits per heavy atom. The van der Waals surface area contributed by atoms with Crippen molar-refractivity contribution in [3.63, 3.8) is 0 Å². The Hall–Kier alpha value is -1.75. The van der Waals surface area contributed by atoms with E-state index in [1.54, 1.807) is 24.3 Å². The van der Waals surface area contributed by atoms with Crippen LogP contribution in [0.1, 0.15) is 15.9 Å². The first-order chi connectivity index (χ1) is 9.59. The molecule has 0 aromatic heterocycles. The minimum Gasteiger partial charge on any atom is -0.606 e. The zero-order chi connectivity index (χ0) is 14.3. The molecule has 3 nitrogen and oxygen atoms in total. The van der Waals surface area contributed by atoms with Gasteiger partial charge in [-0.05, 0) is 18.2 Å². The molecule has 0 bridgehead atoms. The zero-order valence-corrected chi connectivity index (χ0v) is 11.9. The average molecular weight is 304 g/mol. The quantitative estimate of drug-likeness (QED) is 0.650. The smallest absolute Gasteiger partial charge is 0.248 e. The van der Waals surface area contributed by atoms with Crippen molar-refractivity contribution in [3.05, 3.63) is 69.6 Å². The molecule has 2 aromatic carbocycles. The molecule has 1 aliphatic rings. The summed E-state index contributed by atoms with van der Waals surface area (Å²) in [7, 11) is 0. The van der Waals surface area contributed by atoms with Crippen LogP contribution in [0.25, 0.3) is 5.70 Å². The number of ketones is 1. The Morgan fingerprint density at radius 1 is 1.15 bits per heavy atom. The molecule has 1 atom stereocenters. The molecule has 1 heterocycles. The Morgan fingerprint density at radius 2 is 1.85 bits per heavy atom. The Labute approximate surface area is 124 Å². The SMILES string of the molecule is NC(=C1C(=O)c2cc(Cl)ccc2[S+]1[O-])c1ccccc1. The van der Waals surface area contributed by atoms with Gasteiger partial charge in [-0.3, -0.25) is 4.79 Å². The van der Waals surface area contributed by atoms with Gasteiger partial charge in [0.1, 0.15) is 0 Å². The van der Waals surface area contributed by atoms with Crippen molar-refractivity contribution in [2.24, 2.45) is 5.73 Å². The summed E-state index contributed by atoms with van der Waals surface area (Å²) in [5.41, 5.74) is 7.33. The van der Waals surface area contributed by atoms with Gasteiger partial charge in [0, 0.05) is 21.8 Å². The van der Waals surface area contributed by atoms with Crippen LogP contribution in [0.15, 0.2) is 58.3 Å². The molecular weight excluding hydrogens is 294 g/mol. The summed E-state index contributed by atoms with van der Waals surface area (Å²) in [5.74, 6) is -0.317. The van der Waals surface area contributed by atoms with E-state index in [1.807, 2.05) is 18.2 Å². The highest BCUT2D eigenvalue weighted by atomic mass is 35.5. The van der Waals surface area contributed by atoms with Gasteiger partial charge in [-0.2, -0.15) is 0 Å². The molecule has 20 heavy (non-hydrogen) atoms. The number of carbonyl (C=O) groups excluding carboxylic acids is 1. The summed E-state index contributed by atoms with van der Waals surface area (Å²) in [6.07, 6.45) is 0. The number of nitrogens with two attached hydrogens (primary N) is 1. The van der Waals surface area contributed by atoms with Crippen LogP contribution in [0.5, 0.6) is 0 Å². The largest absolute Gasteiger partial charge is 0.606 e. The van der Waals surface area contributed by atoms with Crippen LogP contribution >= 0.6 is 11.6 Å². The molecule has 1 unspecified atom stereocenters. The lowest BCUT2D eigenvalue weighted by Gasteiger charge is -2.07. The number of benzene rings is 2. The first-order valence-electron chi connectivity index (χ1n) is 5.91. The Kier molecular flexibility index (Phi) is 3.30. The Balaban J connectivity index is 2.16. The minimum atomic E-state index is -1.56. The predicted molar refractivity (Wildman–Crippen MR) is 79.7 cm³/mol. The molecule has 0 saturated carbocycles. The van der Waals surface area contributed by atoms with Gasteiger partial charge >= 0.3 is 0 Å². The third-order valence-electron chi connectivity index (χ3n) is 3.11. The van der Waals surface area contributed by atoms with E-state index < -0.39 is 11.2 Å². The molecule has 0 spiro atoms. The van der Waals surface area contributed by atoms with Crippen molar-refractivity contribution in [3.8, 4) is 0 Å². The molecule has 5 heteroatoms. The fraction of sp³-hybridized carbons (Fsp3) is 0. The van der Waals surface area contributed by atoms with Gasteiger partial charge < -0.3 is 10.3 Å². The first kappa shape index (κ1) is 13.2. The van der Waals surface area contributed by atoms with E-state index in [0.717, 1.165) is 0 Å². The van der Waals surface area contributed by atoms with Crippen molar-refractivity contribution in [1.29, 1.82) is 0 Å². The monoisotopic (exact) mass is 303 g/mol. The van der Waals surface area contributed by atoms with Gasteiger partial charge in [-0.1, -0.05) is 41.9 Å². The minimum absolute atomic E-state index is 0.133. The Bertz CT molecular complexity index is 728. The summed E-state index contributed by atoms with van der Waals surface area (Å²) in [4.78, 5) is 13.0. The third kappa shape index (κ3) is 2.02. The first-order valence-corrected chi connectivity index (χ1v) is 7.43. The lowest BCUT2D eigenvalue weighted by molar-refractivity contribution is 0.104. The molecule has 0 amide bonds. The van der Waals surface area contributed by atoms with Gasteiger partial charge in [-0.25, -0.2) is 0 Å². The number of halogens is 1. The molecule has 0 aliphatic carbocycles. The van der Waals surface area contributed by atoms with E-state index in [4.69, 9.17) is 17.3 Å². The maximum Gasteiger partial charge on any atom is 0.248 e. The van der Waals surface area contributed by atoms with Crippen LogP contribution in [0.4, 0.5) is 0 Å². The lowest BCUT2D eigenvalue weighted by Crippen LogP contribution is -2.11. The maximum absolute atomic E-state index is 12.4. The van der Waals surface area contributed by atoms with Crippen LogP contribution in [0.2, 0.25) is 5.02 Å². The van der Waals surface area contributed by atoms with Crippen molar-refractivity contribution >= 4 is 34.3 Å². The van der Waals surface area contributed by atoms with Gasteiger partial charge in [0.2, 0.25) is 10.7 Å². The van der Waals surface area contributed by atoms with Crippen LogP contribution in [-0.2, 0) is 11.2 Å². The van der Waals surface area contributed by atoms with Gasteiger partial charge in [0.15, 0.2) is 4.90 Å². The van der Waals surface area contributed by atoms with Crippen molar-refractivity contribution in [2.45, 2.75) is 4.90 Å². The van der Waals surface area contributed by atoms with Crippen molar-refractivity contribution < 1.29 is 9.35 Å². The molecule has 0 radical (unpaired) electrons. The van der Waals surface area contributed by atoms with Crippen LogP contribution in [0.3, 0.4) is 0 Å². The number of fused-ring (bicyclic) bond motifs is 1. The molecule has 1 aliphatic heterocycles. The van der Waals surface area contributed by atoms with Crippen LogP contribution in [0, 0.1) is 0 Å². The number of Topliss-reactive ketones (excluding diaryl/α,β-unsaturated/α-hetero) is 1. The standard InChI is InChI=1S/C15H10ClNO2S/c16-10-6-7-12-11(8-10)14(18)15(20(12)19)13(17)9-4-2-1-3-5-9/h1-8H,17H2. The molecule has 0 fully saturated rings. The topological polar surface area (TPSA) is 66.2 Å². The lowest BCUT2D eigenvalue weighted by atomic mass is 10.1. The highest BCUT2D eigenvalue weighted by Gasteiger charge is 2.41. The molecule has 0 saturated heterocycles. The number of allylic oxidation sites excluding steroid dienone is 1. The average Bonchev–Trinajstić information content (AvgIpc) is 2.71. The van der Waals surface area contributed by atoms with E-state index in [0.29, 0.717) is 21.0 Å². The second kappa shape index (κ2) is 4.98. The van der Waals surface area contributed by atoms with E-state index >= 15 is 0 Å². The zero-order valence-electron chi connectivity index (χ0n) is 10.3. The second-order valence-corrected chi connectivity index (χ2v) is 6.17. The summed E-state index contributed by atoms with van der Waals surface area (Å²) in [6.45, 7) is 0. The maximum atomic E-state index is 12.4. The third-order valence-corrected chi connectivity index (χ3v) is 4.87. The highest BCUT2D eigenvalue weighted by molar-refractivity contribution is 7.97. The number of rotatable bonds is 1. The van der Waals surface area contributed by atoms with Crippen molar-refractivity contribution in [1.82, 2.24) is 0 Å². The highest BCUT2D eigenvalue weighted by Crippen LogP contribution is 2.37. The summed E-state index contributed by atoms with van der Waals surface area (Å²) in [5, 5.41) is 0.439. The fourth-order valence-corrected chi connectivity index (χ4v) is 3.66. The predicted octanol–water partition coefficient (Wildman–Crippen LogP) is 2.97. The summed E-state index contributed by atoms with van der Waals surface area (Å²) in [6, 6.07) is 13.8. The van der Waals surface area contributed by atoms with Crippen LogP contribution in [-0.4, -0.2) is 10.3 Å². The van der Waals surface area contributed by atoms with E-state index in [2.05, 4.69) is 0 Å². The van der Waals surface area contributed by atoms with E-state index in [-0.39, 0.29) is 16.4 Å². The fourth-order valence-electron chi connectivity index (χ4n) is 2.13. The second-order valence-electron chi connectivity index (χ2n) is 4.35. The molecule has 2 N–H and O–H groups in total. The molecule has 3 rings (SSSR count). The number of carbonyl (C=O) groups is 1. The van der Waals surface area contributed by atoms with Gasteiger partial charge in [-0.15, -0.1) is 0 Å². The molecule has 100 valence electrons. The van der Waals surface area contributed by atoms with Crippen molar-refractivity contribution in [2.75, 3.05) is 0 Å². The summed E-state index contributed by atoms with van der Waals surface area (Å²) < 4.78 is 12.4.